The second kappa shape index (κ2) is 9.95. The van der Waals surface area contributed by atoms with Crippen molar-refractivity contribution in [2.24, 2.45) is 0 Å². The van der Waals surface area contributed by atoms with E-state index in [0.717, 1.165) is 0 Å². The first-order valence-electron chi connectivity index (χ1n) is 7.85. The number of hydrogen-bond acceptors (Lipinski definition) is 8. The number of aliphatic hydroxyl groups is 1. The molecule has 1 heterocycles. The van der Waals surface area contributed by atoms with Gasteiger partial charge in [0.05, 0.1) is 0 Å². The molecule has 0 fully saturated rings. The van der Waals surface area contributed by atoms with Crippen LogP contribution in [0.2, 0.25) is 0 Å². The zero-order valence-electron chi connectivity index (χ0n) is 14.7. The lowest BCUT2D eigenvalue weighted by molar-refractivity contribution is -0.160. The lowest BCUT2D eigenvalue weighted by atomic mass is 10.0. The van der Waals surface area contributed by atoms with E-state index < -0.39 is 48.4 Å². The summed E-state index contributed by atoms with van der Waals surface area (Å²) in [5.41, 5.74) is 0. The summed E-state index contributed by atoms with van der Waals surface area (Å²) in [6.45, 7) is 4.06. The summed E-state index contributed by atoms with van der Waals surface area (Å²) in [7, 11) is 1.38. The van der Waals surface area contributed by atoms with Crippen LogP contribution in [-0.2, 0) is 33.3 Å². The maximum Gasteiger partial charge on any atom is 0.330 e. The molecule has 0 amide bonds. The highest BCUT2D eigenvalue weighted by atomic mass is 16.6. The highest BCUT2D eigenvalue weighted by molar-refractivity contribution is 5.82. The molecule has 1 rings (SSSR count). The Hall–Kier alpha value is -2.19. The fourth-order valence-corrected chi connectivity index (χ4v) is 2.32. The minimum atomic E-state index is -1.11. The van der Waals surface area contributed by atoms with Crippen molar-refractivity contribution in [1.29, 1.82) is 0 Å². The van der Waals surface area contributed by atoms with Crippen molar-refractivity contribution in [2.45, 2.75) is 57.7 Å². The Bertz CT molecular complexity index is 539. The van der Waals surface area contributed by atoms with Crippen LogP contribution < -0.4 is 0 Å². The van der Waals surface area contributed by atoms with Gasteiger partial charge in [-0.25, -0.2) is 4.79 Å². The molecule has 5 atom stereocenters. The molecule has 0 saturated carbocycles. The minimum absolute atomic E-state index is 0.359. The number of carbonyl (C=O) groups is 3. The van der Waals surface area contributed by atoms with E-state index >= 15 is 0 Å². The number of aliphatic hydroxyl groups excluding tert-OH is 1. The topological polar surface area (TPSA) is 108 Å². The highest BCUT2D eigenvalue weighted by Crippen LogP contribution is 2.17. The normalized spacial score (nSPS) is 22.0. The van der Waals surface area contributed by atoms with Crippen molar-refractivity contribution < 1.29 is 38.4 Å². The molecule has 0 aromatic rings. The predicted octanol–water partition coefficient (Wildman–Crippen LogP) is 0.673. The van der Waals surface area contributed by atoms with Crippen LogP contribution in [0, 0.1) is 0 Å². The van der Waals surface area contributed by atoms with Crippen LogP contribution in [0.5, 0.6) is 0 Å². The van der Waals surface area contributed by atoms with E-state index in [1.807, 2.05) is 0 Å². The average Bonchev–Trinajstić information content (AvgIpc) is 2.53. The Labute approximate surface area is 146 Å². The van der Waals surface area contributed by atoms with Crippen molar-refractivity contribution in [3.05, 3.63) is 24.3 Å². The summed E-state index contributed by atoms with van der Waals surface area (Å²) < 4.78 is 20.4. The molecule has 1 aliphatic heterocycles. The van der Waals surface area contributed by atoms with E-state index in [1.165, 1.54) is 39.2 Å². The summed E-state index contributed by atoms with van der Waals surface area (Å²) in [6, 6.07) is 0. The van der Waals surface area contributed by atoms with Gasteiger partial charge in [-0.2, -0.15) is 0 Å². The molecule has 8 nitrogen and oxygen atoms in total. The van der Waals surface area contributed by atoms with Crippen molar-refractivity contribution in [3.63, 3.8) is 0 Å². The van der Waals surface area contributed by atoms with Crippen LogP contribution in [0.4, 0.5) is 0 Å². The highest BCUT2D eigenvalue weighted by Gasteiger charge is 2.30. The first-order chi connectivity index (χ1) is 11.7. The number of hydrogen-bond donors (Lipinski definition) is 1. The quantitative estimate of drug-likeness (QED) is 0.384. The van der Waals surface area contributed by atoms with Crippen molar-refractivity contribution in [3.8, 4) is 0 Å². The minimum Gasteiger partial charge on any atom is -0.459 e. The van der Waals surface area contributed by atoms with Gasteiger partial charge in [-0.3, -0.25) is 9.59 Å². The molecule has 25 heavy (non-hydrogen) atoms. The molecule has 0 aromatic heterocycles. The maximum absolute atomic E-state index is 11.3. The molecule has 0 aliphatic carbocycles. The third kappa shape index (κ3) is 7.06. The summed E-state index contributed by atoms with van der Waals surface area (Å²) in [5.74, 6) is -1.59. The molecule has 0 radical (unpaired) electrons. The van der Waals surface area contributed by atoms with E-state index in [4.69, 9.17) is 18.9 Å². The third-order valence-electron chi connectivity index (χ3n) is 3.49. The average molecular weight is 356 g/mol. The summed E-state index contributed by atoms with van der Waals surface area (Å²) in [6.07, 6.45) is 1.96. The van der Waals surface area contributed by atoms with Gasteiger partial charge in [-0.05, 0) is 13.0 Å². The summed E-state index contributed by atoms with van der Waals surface area (Å²) in [4.78, 5) is 33.6. The Kier molecular flexibility index (Phi) is 8.30. The molecule has 140 valence electrons. The zero-order chi connectivity index (χ0) is 19.0. The van der Waals surface area contributed by atoms with E-state index in [-0.39, 0.29) is 0 Å². The molecule has 0 saturated heterocycles. The lowest BCUT2D eigenvalue weighted by Crippen LogP contribution is -2.41. The van der Waals surface area contributed by atoms with Crippen molar-refractivity contribution in [1.82, 2.24) is 0 Å². The van der Waals surface area contributed by atoms with E-state index in [2.05, 4.69) is 0 Å². The van der Waals surface area contributed by atoms with Crippen molar-refractivity contribution in [2.75, 3.05) is 7.11 Å². The van der Waals surface area contributed by atoms with Crippen LogP contribution in [0.15, 0.2) is 24.3 Å². The fourth-order valence-electron chi connectivity index (χ4n) is 2.32. The maximum atomic E-state index is 11.3. The molecule has 0 bridgehead atoms. The molecule has 0 unspecified atom stereocenters. The van der Waals surface area contributed by atoms with Gasteiger partial charge in [0.1, 0.15) is 24.4 Å². The van der Waals surface area contributed by atoms with Gasteiger partial charge in [0.2, 0.25) is 0 Å². The molecule has 1 aliphatic rings. The molecule has 1 N–H and O–H groups in total. The number of carbonyl (C=O) groups excluding carboxylic acids is 3. The molecule has 0 spiro atoms. The van der Waals surface area contributed by atoms with Crippen LogP contribution in [0.1, 0.15) is 27.2 Å². The first-order valence-corrected chi connectivity index (χ1v) is 7.85. The monoisotopic (exact) mass is 356 g/mol. The largest absolute Gasteiger partial charge is 0.459 e. The smallest absolute Gasteiger partial charge is 0.330 e. The Morgan fingerprint density at radius 3 is 2.36 bits per heavy atom. The number of cyclic esters (lactones) is 1. The van der Waals surface area contributed by atoms with Gasteiger partial charge in [-0.15, -0.1) is 0 Å². The molecule has 0 aromatic carbocycles. The SMILES string of the molecule is CO[C@@H](/C=C/[C@H](OC(C)=O)[C@H](C)OC(C)=O)[C@H](O)[C@@H]1CC=CC(=O)O1. The fraction of sp³-hybridized carbons (Fsp3) is 0.588. The van der Waals surface area contributed by atoms with Gasteiger partial charge < -0.3 is 24.1 Å². The van der Waals surface area contributed by atoms with Gasteiger partial charge in [0.15, 0.2) is 6.10 Å². The van der Waals surface area contributed by atoms with Crippen LogP contribution >= 0.6 is 0 Å². The van der Waals surface area contributed by atoms with Gasteiger partial charge in [0, 0.05) is 33.5 Å². The molecule has 8 heteroatoms. The third-order valence-corrected chi connectivity index (χ3v) is 3.49. The first kappa shape index (κ1) is 20.9. The predicted molar refractivity (Wildman–Crippen MR) is 86.4 cm³/mol. The number of esters is 3. The standard InChI is InChI=1S/C17H24O8/c1-10(23-11(2)18)13(24-12(3)19)8-9-14(22-4)17(21)15-6-5-7-16(20)25-15/h5,7-10,13-15,17,21H,6H2,1-4H3/b9-8+/t10-,13-,14-,15-,17-/m0/s1. The van der Waals surface area contributed by atoms with Crippen LogP contribution in [-0.4, -0.2) is 60.6 Å². The number of rotatable bonds is 8. The summed E-state index contributed by atoms with van der Waals surface area (Å²) in [5, 5.41) is 10.3. The molecular weight excluding hydrogens is 332 g/mol. The van der Waals surface area contributed by atoms with Gasteiger partial charge >= 0.3 is 17.9 Å². The molecular formula is C17H24O8. The summed E-state index contributed by atoms with van der Waals surface area (Å²) >= 11 is 0. The second-order valence-electron chi connectivity index (χ2n) is 5.58. The number of methoxy groups -OCH3 is 1. The second-order valence-corrected chi connectivity index (χ2v) is 5.58. The lowest BCUT2D eigenvalue weighted by Gasteiger charge is -2.28. The van der Waals surface area contributed by atoms with Crippen molar-refractivity contribution >= 4 is 17.9 Å². The van der Waals surface area contributed by atoms with Crippen LogP contribution in [0.25, 0.3) is 0 Å². The van der Waals surface area contributed by atoms with E-state index in [0.29, 0.717) is 6.42 Å². The van der Waals surface area contributed by atoms with Gasteiger partial charge in [0.25, 0.3) is 0 Å². The van der Waals surface area contributed by atoms with Crippen LogP contribution in [0.3, 0.4) is 0 Å². The Morgan fingerprint density at radius 2 is 1.84 bits per heavy atom. The van der Waals surface area contributed by atoms with E-state index in [1.54, 1.807) is 13.0 Å². The van der Waals surface area contributed by atoms with Gasteiger partial charge in [-0.1, -0.05) is 12.2 Å². The van der Waals surface area contributed by atoms with E-state index in [9.17, 15) is 19.5 Å². The zero-order valence-corrected chi connectivity index (χ0v) is 14.7. The number of ether oxygens (including phenoxy) is 4. The Balaban J connectivity index is 2.82. The Morgan fingerprint density at radius 1 is 1.24 bits per heavy atom.